The molecule has 1 aromatic carbocycles. The summed E-state index contributed by atoms with van der Waals surface area (Å²) in [7, 11) is -2.61. The molecule has 3 fully saturated rings. The van der Waals surface area contributed by atoms with Crippen LogP contribution in [0.15, 0.2) is 24.3 Å². The molecular formula is C22H32FN5O7S. The number of carbonyl (C=O) groups excluding carboxylic acids is 2. The zero-order chi connectivity index (χ0) is 25.9. The maximum Gasteiger partial charge on any atom is 0.409 e. The van der Waals surface area contributed by atoms with Crippen LogP contribution in [-0.4, -0.2) is 115 Å². The number of methoxy groups -OCH3 is 1. The minimum Gasteiger partial charge on any atom is -0.447 e. The van der Waals surface area contributed by atoms with Crippen molar-refractivity contribution in [2.45, 2.75) is 31.0 Å². The van der Waals surface area contributed by atoms with Gasteiger partial charge in [-0.3, -0.25) is 14.9 Å². The molecule has 3 aliphatic rings. The summed E-state index contributed by atoms with van der Waals surface area (Å²) in [6.45, 7) is 2.01. The predicted molar refractivity (Wildman–Crippen MR) is 124 cm³/mol. The number of amides is 2. The molecule has 0 saturated carbocycles. The van der Waals surface area contributed by atoms with Crippen molar-refractivity contribution in [3.05, 3.63) is 35.6 Å². The lowest BCUT2D eigenvalue weighted by Crippen LogP contribution is -2.71. The Morgan fingerprint density at radius 1 is 1.17 bits per heavy atom. The normalized spacial score (nSPS) is 25.6. The molecule has 200 valence electrons. The fraction of sp³-hybridized carbons (Fsp3) is 0.636. The SMILES string of the molecule is COCCOC(=O)N1CC2CCC(C(=O)NO)(C1)N2S(=O)(=O)N1CCN(Cc2ccc(F)cc2)CC1. The molecule has 2 atom stereocenters. The van der Waals surface area contributed by atoms with Crippen LogP contribution in [0.25, 0.3) is 0 Å². The Morgan fingerprint density at radius 3 is 2.50 bits per heavy atom. The van der Waals surface area contributed by atoms with E-state index >= 15 is 0 Å². The van der Waals surface area contributed by atoms with Crippen LogP contribution in [0.1, 0.15) is 18.4 Å². The van der Waals surface area contributed by atoms with Gasteiger partial charge in [-0.15, -0.1) is 0 Å². The lowest BCUT2D eigenvalue weighted by atomic mass is 9.96. The molecule has 4 rings (SSSR count). The highest BCUT2D eigenvalue weighted by Gasteiger charge is 2.62. The highest BCUT2D eigenvalue weighted by atomic mass is 32.2. The second-order valence-corrected chi connectivity index (χ2v) is 11.1. The van der Waals surface area contributed by atoms with Crippen LogP contribution in [0, 0.1) is 5.82 Å². The molecule has 2 amide bonds. The number of benzene rings is 1. The van der Waals surface area contributed by atoms with Gasteiger partial charge in [0.15, 0.2) is 0 Å². The molecule has 0 aliphatic carbocycles. The molecule has 2 bridgehead atoms. The van der Waals surface area contributed by atoms with E-state index in [1.165, 1.54) is 32.8 Å². The van der Waals surface area contributed by atoms with E-state index in [4.69, 9.17) is 9.47 Å². The summed E-state index contributed by atoms with van der Waals surface area (Å²) in [5.74, 6) is -1.19. The van der Waals surface area contributed by atoms with Gasteiger partial charge in [0.1, 0.15) is 18.0 Å². The molecule has 0 spiro atoms. The first-order valence-electron chi connectivity index (χ1n) is 11.8. The molecule has 1 aromatic rings. The summed E-state index contributed by atoms with van der Waals surface area (Å²) in [6.07, 6.45) is -0.144. The van der Waals surface area contributed by atoms with E-state index in [0.29, 0.717) is 26.1 Å². The van der Waals surface area contributed by atoms with E-state index < -0.39 is 33.8 Å². The van der Waals surface area contributed by atoms with Crippen LogP contribution >= 0.6 is 0 Å². The summed E-state index contributed by atoms with van der Waals surface area (Å²) in [6, 6.07) is 5.56. The number of likely N-dealkylation sites (tertiary alicyclic amines) is 1. The first kappa shape index (κ1) is 26.7. The summed E-state index contributed by atoms with van der Waals surface area (Å²) in [5.41, 5.74) is 0.903. The van der Waals surface area contributed by atoms with Crippen LogP contribution < -0.4 is 5.48 Å². The topological polar surface area (TPSA) is 132 Å². The van der Waals surface area contributed by atoms with Crippen molar-refractivity contribution in [3.63, 3.8) is 0 Å². The molecule has 0 radical (unpaired) electrons. The zero-order valence-corrected chi connectivity index (χ0v) is 21.0. The zero-order valence-electron chi connectivity index (χ0n) is 20.1. The Kier molecular flexibility index (Phi) is 8.12. The summed E-state index contributed by atoms with van der Waals surface area (Å²) in [4.78, 5) is 28.8. The van der Waals surface area contributed by atoms with Gasteiger partial charge in [-0.05, 0) is 30.5 Å². The molecule has 2 N–H and O–H groups in total. The second kappa shape index (κ2) is 10.9. The first-order valence-corrected chi connectivity index (χ1v) is 13.2. The number of hydrogen-bond acceptors (Lipinski definition) is 8. The Labute approximate surface area is 209 Å². The van der Waals surface area contributed by atoms with Crippen molar-refractivity contribution in [3.8, 4) is 0 Å². The number of carbonyl (C=O) groups is 2. The average molecular weight is 530 g/mol. The minimum absolute atomic E-state index is 0.0277. The van der Waals surface area contributed by atoms with Crippen LogP contribution in [0.3, 0.4) is 0 Å². The number of nitrogens with one attached hydrogen (secondary N) is 1. The van der Waals surface area contributed by atoms with Gasteiger partial charge >= 0.3 is 6.09 Å². The number of piperazine rings is 2. The average Bonchev–Trinajstić information content (AvgIpc) is 3.13. The Hall–Kier alpha value is -2.36. The summed E-state index contributed by atoms with van der Waals surface area (Å²) >= 11 is 0. The smallest absolute Gasteiger partial charge is 0.409 e. The van der Waals surface area contributed by atoms with Gasteiger partial charge in [0.25, 0.3) is 16.1 Å². The summed E-state index contributed by atoms with van der Waals surface area (Å²) < 4.78 is 53.3. The van der Waals surface area contributed by atoms with E-state index in [1.54, 1.807) is 17.6 Å². The molecule has 3 saturated heterocycles. The van der Waals surface area contributed by atoms with Gasteiger partial charge in [0.05, 0.1) is 13.2 Å². The number of halogens is 1. The van der Waals surface area contributed by atoms with E-state index in [1.807, 2.05) is 0 Å². The van der Waals surface area contributed by atoms with Crippen molar-refractivity contribution in [1.29, 1.82) is 0 Å². The van der Waals surface area contributed by atoms with Crippen LogP contribution in [0.5, 0.6) is 0 Å². The lowest BCUT2D eigenvalue weighted by Gasteiger charge is -2.48. The molecule has 3 aliphatic heterocycles. The Morgan fingerprint density at radius 2 is 1.86 bits per heavy atom. The van der Waals surface area contributed by atoms with Gasteiger partial charge in [0, 0.05) is 52.4 Å². The van der Waals surface area contributed by atoms with Gasteiger partial charge in [0.2, 0.25) is 0 Å². The molecule has 12 nitrogen and oxygen atoms in total. The largest absolute Gasteiger partial charge is 0.447 e. The molecule has 3 heterocycles. The van der Waals surface area contributed by atoms with Gasteiger partial charge in [-0.1, -0.05) is 12.1 Å². The number of ether oxygens (including phenoxy) is 2. The molecular weight excluding hydrogens is 497 g/mol. The quantitative estimate of drug-likeness (QED) is 0.273. The second-order valence-electron chi connectivity index (χ2n) is 9.26. The fourth-order valence-corrected chi connectivity index (χ4v) is 7.36. The van der Waals surface area contributed by atoms with Crippen molar-refractivity contribution < 1.29 is 37.1 Å². The van der Waals surface area contributed by atoms with E-state index in [2.05, 4.69) is 4.90 Å². The maximum atomic E-state index is 13.8. The third-order valence-corrected chi connectivity index (χ3v) is 9.21. The van der Waals surface area contributed by atoms with Gasteiger partial charge in [-0.25, -0.2) is 14.7 Å². The Balaban J connectivity index is 1.47. The lowest BCUT2D eigenvalue weighted by molar-refractivity contribution is -0.141. The Bertz CT molecular complexity index is 1050. The monoisotopic (exact) mass is 529 g/mol. The van der Waals surface area contributed by atoms with E-state index in [-0.39, 0.29) is 51.6 Å². The number of nitrogens with zero attached hydrogens (tertiary/aromatic N) is 4. The van der Waals surface area contributed by atoms with E-state index in [0.717, 1.165) is 5.56 Å². The molecule has 0 aromatic heterocycles. The minimum atomic E-state index is -4.09. The number of hydroxylamine groups is 1. The maximum absolute atomic E-state index is 13.8. The van der Waals surface area contributed by atoms with E-state index in [9.17, 15) is 27.6 Å². The van der Waals surface area contributed by atoms with Crippen molar-refractivity contribution in [2.24, 2.45) is 0 Å². The standard InChI is InChI=1S/C22H32FN5O7S/c1-34-12-13-35-21(30)26-15-19-6-7-22(16-26,20(29)24-31)28(19)36(32,33)27-10-8-25(9-11-27)14-17-2-4-18(23)5-3-17/h2-5,19,31H,6-16H2,1H3,(H,24,29). The third kappa shape index (κ3) is 5.19. The van der Waals surface area contributed by atoms with Crippen molar-refractivity contribution in [1.82, 2.24) is 23.9 Å². The highest BCUT2D eigenvalue weighted by molar-refractivity contribution is 7.86. The fourth-order valence-electron chi connectivity index (χ4n) is 5.26. The van der Waals surface area contributed by atoms with Crippen LogP contribution in [0.4, 0.5) is 9.18 Å². The van der Waals surface area contributed by atoms with Gasteiger partial charge < -0.3 is 14.4 Å². The molecule has 14 heteroatoms. The van der Waals surface area contributed by atoms with Crippen LogP contribution in [-0.2, 0) is 31.0 Å². The summed E-state index contributed by atoms with van der Waals surface area (Å²) in [5, 5.41) is 9.47. The number of hydrogen-bond donors (Lipinski definition) is 2. The van der Waals surface area contributed by atoms with Crippen molar-refractivity contribution >= 4 is 22.2 Å². The number of rotatable bonds is 8. The third-order valence-electron chi connectivity index (χ3n) is 7.05. The predicted octanol–water partition coefficient (Wildman–Crippen LogP) is -0.00470. The van der Waals surface area contributed by atoms with Crippen LogP contribution in [0.2, 0.25) is 0 Å². The molecule has 36 heavy (non-hydrogen) atoms. The molecule has 2 unspecified atom stereocenters. The first-order chi connectivity index (χ1) is 17.2. The highest BCUT2D eigenvalue weighted by Crippen LogP contribution is 2.42. The number of fused-ring (bicyclic) bond motifs is 2. The van der Waals surface area contributed by atoms with Crippen molar-refractivity contribution in [2.75, 3.05) is 59.6 Å². The van der Waals surface area contributed by atoms with Gasteiger partial charge in [-0.2, -0.15) is 17.0 Å².